The maximum absolute atomic E-state index is 5.54. The molecule has 0 spiro atoms. The highest BCUT2D eigenvalue weighted by Crippen LogP contribution is 2.33. The molecule has 16 heavy (non-hydrogen) atoms. The Labute approximate surface area is 95.3 Å². The van der Waals surface area contributed by atoms with Gasteiger partial charge in [-0.3, -0.25) is 0 Å². The van der Waals surface area contributed by atoms with Crippen LogP contribution in [0.5, 0.6) is 11.5 Å². The molecule has 0 atom stereocenters. The van der Waals surface area contributed by atoms with Crippen molar-refractivity contribution >= 4 is 0 Å². The predicted octanol–water partition coefficient (Wildman–Crippen LogP) is 1.45. The lowest BCUT2D eigenvalue weighted by molar-refractivity contribution is -0.0170. The molecule has 1 heterocycles. The van der Waals surface area contributed by atoms with E-state index >= 15 is 0 Å². The summed E-state index contributed by atoms with van der Waals surface area (Å²) in [5.41, 5.74) is 7.79. The van der Waals surface area contributed by atoms with E-state index in [1.165, 1.54) is 0 Å². The molecule has 4 heteroatoms. The van der Waals surface area contributed by atoms with E-state index in [4.69, 9.17) is 19.9 Å². The van der Waals surface area contributed by atoms with Gasteiger partial charge in [-0.2, -0.15) is 0 Å². The fourth-order valence-corrected chi connectivity index (χ4v) is 1.94. The van der Waals surface area contributed by atoms with Gasteiger partial charge in [0, 0.05) is 11.1 Å². The first-order valence-electron chi connectivity index (χ1n) is 5.46. The normalized spacial score (nSPS) is 14.1. The van der Waals surface area contributed by atoms with Crippen LogP contribution < -0.4 is 15.2 Å². The van der Waals surface area contributed by atoms with Crippen molar-refractivity contribution in [1.82, 2.24) is 0 Å². The van der Waals surface area contributed by atoms with Crippen molar-refractivity contribution < 1.29 is 14.2 Å². The largest absolute Gasteiger partial charge is 0.496 e. The lowest BCUT2D eigenvalue weighted by Crippen LogP contribution is -2.14. The third-order valence-electron chi connectivity index (χ3n) is 2.74. The topological polar surface area (TPSA) is 53.7 Å². The molecule has 0 aliphatic carbocycles. The number of hydrogen-bond donors (Lipinski definition) is 1. The van der Waals surface area contributed by atoms with Gasteiger partial charge in [0.15, 0.2) is 6.79 Å². The fraction of sp³-hybridized carbons (Fsp3) is 0.500. The molecule has 0 bridgehead atoms. The summed E-state index contributed by atoms with van der Waals surface area (Å²) in [6, 6.07) is 3.87. The molecule has 0 fully saturated rings. The molecular formula is C12H17NO3. The highest BCUT2D eigenvalue weighted by Gasteiger charge is 2.18. The zero-order valence-corrected chi connectivity index (χ0v) is 9.49. The molecule has 0 aromatic heterocycles. The van der Waals surface area contributed by atoms with Crippen LogP contribution in [0.15, 0.2) is 12.1 Å². The minimum Gasteiger partial charge on any atom is -0.496 e. The molecular weight excluding hydrogens is 206 g/mol. The van der Waals surface area contributed by atoms with E-state index in [0.717, 1.165) is 35.5 Å². The number of nitrogens with two attached hydrogens (primary N) is 1. The summed E-state index contributed by atoms with van der Waals surface area (Å²) in [5, 5.41) is 0. The van der Waals surface area contributed by atoms with Crippen LogP contribution in [0.25, 0.3) is 0 Å². The van der Waals surface area contributed by atoms with E-state index in [0.29, 0.717) is 19.9 Å². The minimum absolute atomic E-state index is 0.329. The molecule has 0 amide bonds. The van der Waals surface area contributed by atoms with E-state index in [9.17, 15) is 0 Å². The number of ether oxygens (including phenoxy) is 3. The highest BCUT2D eigenvalue weighted by atomic mass is 16.7. The van der Waals surface area contributed by atoms with E-state index in [1.54, 1.807) is 7.11 Å². The Morgan fingerprint density at radius 1 is 1.44 bits per heavy atom. The fourth-order valence-electron chi connectivity index (χ4n) is 1.94. The summed E-state index contributed by atoms with van der Waals surface area (Å²) in [6.07, 6.45) is 1.84. The average molecular weight is 223 g/mol. The first-order valence-corrected chi connectivity index (χ1v) is 5.46. The summed E-state index contributed by atoms with van der Waals surface area (Å²) in [7, 11) is 1.68. The number of benzene rings is 1. The molecule has 0 radical (unpaired) electrons. The van der Waals surface area contributed by atoms with Gasteiger partial charge in [0.05, 0.1) is 13.7 Å². The Hall–Kier alpha value is -1.26. The molecule has 0 unspecified atom stereocenters. The Balaban J connectivity index is 2.35. The van der Waals surface area contributed by atoms with Crippen LogP contribution in [0, 0.1) is 0 Å². The van der Waals surface area contributed by atoms with Crippen molar-refractivity contribution in [2.45, 2.75) is 19.4 Å². The van der Waals surface area contributed by atoms with Crippen LogP contribution in [0.1, 0.15) is 17.5 Å². The van der Waals surface area contributed by atoms with E-state index < -0.39 is 0 Å². The van der Waals surface area contributed by atoms with E-state index in [2.05, 4.69) is 0 Å². The number of rotatable bonds is 4. The number of hydrogen-bond acceptors (Lipinski definition) is 4. The second-order valence-electron chi connectivity index (χ2n) is 3.73. The van der Waals surface area contributed by atoms with Gasteiger partial charge in [-0.15, -0.1) is 0 Å². The Kier molecular flexibility index (Phi) is 3.64. The first-order chi connectivity index (χ1) is 7.86. The molecule has 0 saturated heterocycles. The third kappa shape index (κ3) is 2.13. The lowest BCUT2D eigenvalue weighted by Gasteiger charge is -2.22. The van der Waals surface area contributed by atoms with Crippen LogP contribution in [-0.2, 0) is 17.8 Å². The van der Waals surface area contributed by atoms with Gasteiger partial charge in [-0.05, 0) is 31.5 Å². The molecule has 2 N–H and O–H groups in total. The van der Waals surface area contributed by atoms with Crippen LogP contribution in [0.2, 0.25) is 0 Å². The van der Waals surface area contributed by atoms with Gasteiger partial charge in [0.25, 0.3) is 0 Å². The van der Waals surface area contributed by atoms with Crippen molar-refractivity contribution in [2.75, 3.05) is 20.4 Å². The molecule has 0 saturated carbocycles. The second kappa shape index (κ2) is 5.18. The monoisotopic (exact) mass is 223 g/mol. The quantitative estimate of drug-likeness (QED) is 0.839. The van der Waals surface area contributed by atoms with Crippen LogP contribution in [0.4, 0.5) is 0 Å². The molecule has 88 valence electrons. The van der Waals surface area contributed by atoms with Crippen molar-refractivity contribution in [3.05, 3.63) is 23.3 Å². The zero-order chi connectivity index (χ0) is 11.4. The molecule has 2 rings (SSSR count). The SMILES string of the molecule is COc1ccc2c(c1CCCN)COCO2. The van der Waals surface area contributed by atoms with Crippen LogP contribution in [0.3, 0.4) is 0 Å². The molecule has 1 aromatic carbocycles. The standard InChI is InChI=1S/C12H17NO3/c1-14-11-4-5-12-10(7-15-8-16-12)9(11)3-2-6-13/h4-5H,2-3,6-8,13H2,1H3. The van der Waals surface area contributed by atoms with E-state index in [-0.39, 0.29) is 0 Å². The third-order valence-corrected chi connectivity index (χ3v) is 2.74. The molecule has 1 aliphatic heterocycles. The summed E-state index contributed by atoms with van der Waals surface area (Å²) in [5.74, 6) is 1.79. The first kappa shape index (κ1) is 11.2. The predicted molar refractivity (Wildman–Crippen MR) is 60.7 cm³/mol. The van der Waals surface area contributed by atoms with Gasteiger partial charge in [0.2, 0.25) is 0 Å². The average Bonchev–Trinajstić information content (AvgIpc) is 2.35. The Morgan fingerprint density at radius 3 is 3.06 bits per heavy atom. The highest BCUT2D eigenvalue weighted by molar-refractivity contribution is 5.49. The van der Waals surface area contributed by atoms with Crippen molar-refractivity contribution in [2.24, 2.45) is 5.73 Å². The van der Waals surface area contributed by atoms with Gasteiger partial charge < -0.3 is 19.9 Å². The lowest BCUT2D eigenvalue weighted by atomic mass is 10.0. The minimum atomic E-state index is 0.329. The molecule has 1 aliphatic rings. The van der Waals surface area contributed by atoms with Crippen molar-refractivity contribution in [1.29, 1.82) is 0 Å². The summed E-state index contributed by atoms with van der Waals surface area (Å²) in [6.45, 7) is 1.59. The van der Waals surface area contributed by atoms with Gasteiger partial charge in [-0.1, -0.05) is 0 Å². The summed E-state index contributed by atoms with van der Waals surface area (Å²) >= 11 is 0. The number of methoxy groups -OCH3 is 1. The summed E-state index contributed by atoms with van der Waals surface area (Å²) < 4.78 is 16.1. The van der Waals surface area contributed by atoms with Gasteiger partial charge in [-0.25, -0.2) is 0 Å². The van der Waals surface area contributed by atoms with Crippen molar-refractivity contribution in [3.63, 3.8) is 0 Å². The molecule has 4 nitrogen and oxygen atoms in total. The van der Waals surface area contributed by atoms with Crippen molar-refractivity contribution in [3.8, 4) is 11.5 Å². The maximum atomic E-state index is 5.54. The second-order valence-corrected chi connectivity index (χ2v) is 3.73. The zero-order valence-electron chi connectivity index (χ0n) is 9.49. The Bertz CT molecular complexity index is 366. The number of fused-ring (bicyclic) bond motifs is 1. The van der Waals surface area contributed by atoms with E-state index in [1.807, 2.05) is 12.1 Å². The summed E-state index contributed by atoms with van der Waals surface area (Å²) in [4.78, 5) is 0. The van der Waals surface area contributed by atoms with Gasteiger partial charge in [0.1, 0.15) is 11.5 Å². The van der Waals surface area contributed by atoms with Gasteiger partial charge >= 0.3 is 0 Å². The smallest absolute Gasteiger partial charge is 0.189 e. The maximum Gasteiger partial charge on any atom is 0.189 e. The Morgan fingerprint density at radius 2 is 2.31 bits per heavy atom. The molecule has 1 aromatic rings. The van der Waals surface area contributed by atoms with Crippen LogP contribution >= 0.6 is 0 Å². The van der Waals surface area contributed by atoms with Crippen LogP contribution in [-0.4, -0.2) is 20.4 Å².